The third kappa shape index (κ3) is 4.10. The largest absolute Gasteiger partial charge is 0.466 e. The Bertz CT molecular complexity index is 508. The van der Waals surface area contributed by atoms with Crippen molar-refractivity contribution in [2.24, 2.45) is 0 Å². The average molecular weight is 339 g/mol. The van der Waals surface area contributed by atoms with Crippen molar-refractivity contribution in [3.05, 3.63) is 34.3 Å². The van der Waals surface area contributed by atoms with E-state index in [0.29, 0.717) is 0 Å². The summed E-state index contributed by atoms with van der Waals surface area (Å²) in [5.41, 5.74) is 0. The fourth-order valence-electron chi connectivity index (χ4n) is 1.63. The van der Waals surface area contributed by atoms with Gasteiger partial charge in [0, 0.05) is 4.92 Å². The number of hydrogen-bond donors (Lipinski definition) is 0. The Morgan fingerprint density at radius 1 is 1.32 bits per heavy atom. The van der Waals surface area contributed by atoms with E-state index in [4.69, 9.17) is 8.84 Å². The van der Waals surface area contributed by atoms with Crippen molar-refractivity contribution in [1.29, 1.82) is 0 Å². The number of nitrogens with zero attached hydrogens (tertiary/aromatic N) is 1. The van der Waals surface area contributed by atoms with Crippen molar-refractivity contribution in [3.8, 4) is 0 Å². The summed E-state index contributed by atoms with van der Waals surface area (Å²) in [7, 11) is -2.68. The lowest BCUT2D eigenvalue weighted by atomic mass is 10.1. The first-order valence-corrected chi connectivity index (χ1v) is 9.59. The van der Waals surface area contributed by atoms with Gasteiger partial charge in [-0.05, 0) is 30.3 Å². The van der Waals surface area contributed by atoms with Gasteiger partial charge in [0.2, 0.25) is 0 Å². The smallest absolute Gasteiger partial charge is 0.460 e. The summed E-state index contributed by atoms with van der Waals surface area (Å²) in [6.07, 6.45) is -5.67. The van der Waals surface area contributed by atoms with Gasteiger partial charge in [-0.1, -0.05) is 20.8 Å². The van der Waals surface area contributed by atoms with Crippen LogP contribution in [0.2, 0.25) is 18.1 Å². The molecule has 126 valence electrons. The van der Waals surface area contributed by atoms with Crippen molar-refractivity contribution < 1.29 is 26.9 Å². The highest BCUT2D eigenvalue weighted by atomic mass is 28.4. The number of nitro groups is 1. The molecule has 1 aromatic rings. The molecule has 0 N–H and O–H groups in total. The van der Waals surface area contributed by atoms with Gasteiger partial charge in [0.1, 0.15) is 5.76 Å². The average Bonchev–Trinajstić information content (AvgIpc) is 2.76. The zero-order chi connectivity index (χ0) is 17.3. The van der Waals surface area contributed by atoms with Crippen LogP contribution in [0.3, 0.4) is 0 Å². The fourth-order valence-corrected chi connectivity index (χ4v) is 2.86. The number of alkyl halides is 3. The van der Waals surface area contributed by atoms with E-state index >= 15 is 0 Å². The standard InChI is InChI=1S/C13H20F3NO4Si/c1-12(2,3)22(4,5)21-10(9-7-6-8-20-9)11(17(18)19)13(14,15)16/h6-8,10-11H,1-5H3/t10-,11-/m1/s1. The highest BCUT2D eigenvalue weighted by molar-refractivity contribution is 6.74. The SMILES string of the molecule is CC(C)(C)[Si](C)(C)O[C@H](c1ccco1)[C@@H]([N+](=O)[O-])C(F)(F)F. The molecule has 0 amide bonds. The third-order valence-corrected chi connectivity index (χ3v) is 8.36. The molecule has 0 saturated carbocycles. The minimum Gasteiger partial charge on any atom is -0.466 e. The van der Waals surface area contributed by atoms with Crippen LogP contribution in [0.15, 0.2) is 22.8 Å². The van der Waals surface area contributed by atoms with Crippen LogP contribution in [0.1, 0.15) is 32.6 Å². The Morgan fingerprint density at radius 3 is 2.18 bits per heavy atom. The molecule has 0 aliphatic heterocycles. The molecule has 0 unspecified atom stereocenters. The molecule has 1 aromatic heterocycles. The lowest BCUT2D eigenvalue weighted by Crippen LogP contribution is -2.49. The Morgan fingerprint density at radius 2 is 1.86 bits per heavy atom. The van der Waals surface area contributed by atoms with Gasteiger partial charge in [0.05, 0.1) is 6.26 Å². The Hall–Kier alpha value is -1.35. The molecule has 0 saturated heterocycles. The van der Waals surface area contributed by atoms with Crippen molar-refractivity contribution in [1.82, 2.24) is 0 Å². The van der Waals surface area contributed by atoms with Crippen LogP contribution < -0.4 is 0 Å². The summed E-state index contributed by atoms with van der Waals surface area (Å²) in [5, 5.41) is 10.6. The first-order chi connectivity index (χ1) is 9.77. The summed E-state index contributed by atoms with van der Waals surface area (Å²) >= 11 is 0. The van der Waals surface area contributed by atoms with Gasteiger partial charge in [-0.15, -0.1) is 0 Å². The zero-order valence-corrected chi connectivity index (χ0v) is 14.1. The molecule has 0 spiro atoms. The number of rotatable bonds is 5. The van der Waals surface area contributed by atoms with Crippen LogP contribution in [0.5, 0.6) is 0 Å². The molecule has 9 heteroatoms. The fraction of sp³-hybridized carbons (Fsp3) is 0.692. The van der Waals surface area contributed by atoms with Crippen LogP contribution in [0.25, 0.3) is 0 Å². The Balaban J connectivity index is 3.29. The molecule has 0 aliphatic carbocycles. The van der Waals surface area contributed by atoms with Crippen LogP contribution >= 0.6 is 0 Å². The van der Waals surface area contributed by atoms with Crippen molar-refractivity contribution in [2.75, 3.05) is 0 Å². The van der Waals surface area contributed by atoms with Crippen LogP contribution in [0, 0.1) is 10.1 Å². The van der Waals surface area contributed by atoms with E-state index in [1.807, 2.05) is 20.8 Å². The Labute approximate surface area is 127 Å². The molecular formula is C13H20F3NO4Si. The molecule has 2 atom stereocenters. The first kappa shape index (κ1) is 18.7. The summed E-state index contributed by atoms with van der Waals surface area (Å²) < 4.78 is 50.1. The summed E-state index contributed by atoms with van der Waals surface area (Å²) in [4.78, 5) is 9.64. The first-order valence-electron chi connectivity index (χ1n) is 6.69. The number of furan rings is 1. The predicted octanol–water partition coefficient (Wildman–Crippen LogP) is 4.55. The van der Waals surface area contributed by atoms with E-state index in [1.54, 1.807) is 13.1 Å². The van der Waals surface area contributed by atoms with E-state index in [9.17, 15) is 23.3 Å². The summed E-state index contributed by atoms with van der Waals surface area (Å²) in [6, 6.07) is -0.224. The minimum atomic E-state index is -5.04. The van der Waals surface area contributed by atoms with E-state index in [2.05, 4.69) is 0 Å². The molecule has 5 nitrogen and oxygen atoms in total. The monoisotopic (exact) mass is 339 g/mol. The molecule has 0 aromatic carbocycles. The zero-order valence-electron chi connectivity index (χ0n) is 13.1. The third-order valence-electron chi connectivity index (χ3n) is 3.90. The maximum absolute atomic E-state index is 13.1. The van der Waals surface area contributed by atoms with Crippen LogP contribution in [-0.2, 0) is 4.43 Å². The molecule has 0 bridgehead atoms. The lowest BCUT2D eigenvalue weighted by molar-refractivity contribution is -0.575. The van der Waals surface area contributed by atoms with Gasteiger partial charge >= 0.3 is 12.2 Å². The van der Waals surface area contributed by atoms with Crippen LogP contribution in [-0.4, -0.2) is 25.5 Å². The van der Waals surface area contributed by atoms with E-state index in [1.165, 1.54) is 18.4 Å². The number of halogens is 3. The molecule has 0 radical (unpaired) electrons. The van der Waals surface area contributed by atoms with Gasteiger partial charge in [-0.3, -0.25) is 10.1 Å². The second-order valence-corrected chi connectivity index (χ2v) is 11.3. The van der Waals surface area contributed by atoms with E-state index in [0.717, 1.165) is 0 Å². The lowest BCUT2D eigenvalue weighted by Gasteiger charge is -2.39. The molecule has 0 aliphatic rings. The highest BCUT2D eigenvalue weighted by Gasteiger charge is 2.58. The summed E-state index contributed by atoms with van der Waals surface area (Å²) in [6.45, 7) is 8.99. The number of hydrogen-bond acceptors (Lipinski definition) is 4. The van der Waals surface area contributed by atoms with Gasteiger partial charge in [0.25, 0.3) is 0 Å². The topological polar surface area (TPSA) is 65.5 Å². The highest BCUT2D eigenvalue weighted by Crippen LogP contribution is 2.43. The molecule has 1 rings (SSSR count). The molecule has 1 heterocycles. The normalized spacial score (nSPS) is 16.4. The van der Waals surface area contributed by atoms with E-state index in [-0.39, 0.29) is 5.76 Å². The van der Waals surface area contributed by atoms with E-state index < -0.39 is 36.6 Å². The van der Waals surface area contributed by atoms with Crippen molar-refractivity contribution in [2.45, 2.75) is 57.2 Å². The molecule has 22 heavy (non-hydrogen) atoms. The van der Waals surface area contributed by atoms with Crippen molar-refractivity contribution >= 4 is 8.32 Å². The maximum Gasteiger partial charge on any atom is 0.460 e. The second-order valence-electron chi connectivity index (χ2n) is 6.59. The predicted molar refractivity (Wildman–Crippen MR) is 76.6 cm³/mol. The summed E-state index contributed by atoms with van der Waals surface area (Å²) in [5.74, 6) is -0.191. The van der Waals surface area contributed by atoms with Crippen molar-refractivity contribution in [3.63, 3.8) is 0 Å². The van der Waals surface area contributed by atoms with Gasteiger partial charge in [-0.25, -0.2) is 0 Å². The van der Waals surface area contributed by atoms with Gasteiger partial charge in [-0.2, -0.15) is 13.2 Å². The van der Waals surface area contributed by atoms with Gasteiger partial charge < -0.3 is 8.84 Å². The maximum atomic E-state index is 13.1. The minimum absolute atomic E-state index is 0.191. The Kier molecular flexibility index (Phi) is 5.13. The van der Waals surface area contributed by atoms with Crippen LogP contribution in [0.4, 0.5) is 13.2 Å². The quantitative estimate of drug-likeness (QED) is 0.448. The second kappa shape index (κ2) is 6.03. The van der Waals surface area contributed by atoms with Gasteiger partial charge in [0.15, 0.2) is 14.4 Å². The molecular weight excluding hydrogens is 319 g/mol. The molecule has 0 fully saturated rings.